The van der Waals surface area contributed by atoms with Crippen LogP contribution in [0.15, 0.2) is 23.8 Å². The highest BCUT2D eigenvalue weighted by molar-refractivity contribution is 5.80. The molecule has 0 N–H and O–H groups in total. The SMILES string of the molecule is CC.Cc1cc2c(nn1)C1=CCC(C)C=C1CCC2. The van der Waals surface area contributed by atoms with E-state index < -0.39 is 0 Å². The minimum absolute atomic E-state index is 0.675. The molecule has 1 aromatic heterocycles. The van der Waals surface area contributed by atoms with Crippen LogP contribution < -0.4 is 0 Å². The Morgan fingerprint density at radius 3 is 2.74 bits per heavy atom. The van der Waals surface area contributed by atoms with E-state index in [4.69, 9.17) is 0 Å². The molecular formula is C17H24N2. The molecule has 0 amide bonds. The zero-order chi connectivity index (χ0) is 13.8. The third kappa shape index (κ3) is 2.94. The number of aryl methyl sites for hydroxylation is 2. The van der Waals surface area contributed by atoms with Crippen molar-refractivity contribution in [3.8, 4) is 0 Å². The smallest absolute Gasteiger partial charge is 0.0961 e. The molecule has 2 aliphatic rings. The Morgan fingerprint density at radius 1 is 1.16 bits per heavy atom. The van der Waals surface area contributed by atoms with Gasteiger partial charge in [0.05, 0.1) is 11.4 Å². The second kappa shape index (κ2) is 6.14. The number of nitrogens with zero attached hydrogens (tertiary/aromatic N) is 2. The molecule has 0 fully saturated rings. The Balaban J connectivity index is 0.000000637. The number of hydrogen-bond donors (Lipinski definition) is 0. The van der Waals surface area contributed by atoms with Gasteiger partial charge in [0.1, 0.15) is 0 Å². The molecule has 0 radical (unpaired) electrons. The van der Waals surface area contributed by atoms with Crippen LogP contribution >= 0.6 is 0 Å². The first-order valence-corrected chi connectivity index (χ1v) is 7.49. The first kappa shape index (κ1) is 14.0. The highest BCUT2D eigenvalue weighted by atomic mass is 15.1. The molecule has 102 valence electrons. The molecule has 2 nitrogen and oxygen atoms in total. The molecule has 3 rings (SSSR count). The van der Waals surface area contributed by atoms with Gasteiger partial charge in [0, 0.05) is 5.57 Å². The van der Waals surface area contributed by atoms with Crippen molar-refractivity contribution < 1.29 is 0 Å². The van der Waals surface area contributed by atoms with Crippen molar-refractivity contribution in [2.75, 3.05) is 0 Å². The van der Waals surface area contributed by atoms with Crippen LogP contribution in [-0.4, -0.2) is 10.2 Å². The minimum Gasteiger partial charge on any atom is -0.155 e. The molecule has 2 heteroatoms. The lowest BCUT2D eigenvalue weighted by molar-refractivity contribution is 0.720. The summed E-state index contributed by atoms with van der Waals surface area (Å²) in [7, 11) is 0. The Bertz CT molecular complexity index is 512. The van der Waals surface area contributed by atoms with Crippen LogP contribution in [-0.2, 0) is 6.42 Å². The van der Waals surface area contributed by atoms with Crippen molar-refractivity contribution in [3.05, 3.63) is 40.7 Å². The van der Waals surface area contributed by atoms with E-state index >= 15 is 0 Å². The van der Waals surface area contributed by atoms with Crippen LogP contribution in [0.25, 0.3) is 5.57 Å². The predicted octanol–water partition coefficient (Wildman–Crippen LogP) is 4.50. The third-order valence-electron chi connectivity index (χ3n) is 3.67. The van der Waals surface area contributed by atoms with Crippen molar-refractivity contribution in [1.82, 2.24) is 10.2 Å². The molecule has 1 atom stereocenters. The number of aromatic nitrogens is 2. The van der Waals surface area contributed by atoms with Crippen molar-refractivity contribution in [1.29, 1.82) is 0 Å². The Kier molecular flexibility index (Phi) is 4.52. The molecule has 1 heterocycles. The lowest BCUT2D eigenvalue weighted by atomic mass is 9.88. The van der Waals surface area contributed by atoms with Crippen LogP contribution in [0.1, 0.15) is 57.0 Å². The van der Waals surface area contributed by atoms with Crippen LogP contribution in [0.5, 0.6) is 0 Å². The van der Waals surface area contributed by atoms with Gasteiger partial charge in [-0.1, -0.05) is 32.9 Å². The predicted molar refractivity (Wildman–Crippen MR) is 80.9 cm³/mol. The van der Waals surface area contributed by atoms with Gasteiger partial charge in [-0.2, -0.15) is 5.10 Å². The van der Waals surface area contributed by atoms with Gasteiger partial charge in [0.25, 0.3) is 0 Å². The van der Waals surface area contributed by atoms with E-state index in [1.807, 2.05) is 20.8 Å². The van der Waals surface area contributed by atoms with Crippen molar-refractivity contribution in [2.45, 2.75) is 53.4 Å². The van der Waals surface area contributed by atoms with Gasteiger partial charge in [-0.15, -0.1) is 5.10 Å². The summed E-state index contributed by atoms with van der Waals surface area (Å²) in [6.45, 7) is 8.30. The fourth-order valence-electron chi connectivity index (χ4n) is 2.83. The van der Waals surface area contributed by atoms with Crippen LogP contribution in [0.2, 0.25) is 0 Å². The molecule has 1 unspecified atom stereocenters. The molecular weight excluding hydrogens is 232 g/mol. The zero-order valence-electron chi connectivity index (χ0n) is 12.5. The van der Waals surface area contributed by atoms with Gasteiger partial charge in [-0.05, 0) is 55.7 Å². The largest absolute Gasteiger partial charge is 0.155 e. The highest BCUT2D eigenvalue weighted by Crippen LogP contribution is 2.36. The quantitative estimate of drug-likeness (QED) is 0.683. The van der Waals surface area contributed by atoms with E-state index in [0.29, 0.717) is 5.92 Å². The summed E-state index contributed by atoms with van der Waals surface area (Å²) in [6.07, 6.45) is 9.46. The zero-order valence-corrected chi connectivity index (χ0v) is 12.5. The summed E-state index contributed by atoms with van der Waals surface area (Å²) in [5.41, 5.74) is 6.37. The molecule has 2 aliphatic carbocycles. The van der Waals surface area contributed by atoms with Gasteiger partial charge in [-0.3, -0.25) is 0 Å². The summed E-state index contributed by atoms with van der Waals surface area (Å²) in [5, 5.41) is 8.66. The highest BCUT2D eigenvalue weighted by Gasteiger charge is 2.21. The monoisotopic (exact) mass is 256 g/mol. The van der Waals surface area contributed by atoms with Gasteiger partial charge in [-0.25, -0.2) is 0 Å². The molecule has 0 aromatic carbocycles. The van der Waals surface area contributed by atoms with Gasteiger partial charge < -0.3 is 0 Å². The van der Waals surface area contributed by atoms with E-state index in [0.717, 1.165) is 24.2 Å². The Hall–Kier alpha value is -1.44. The van der Waals surface area contributed by atoms with Crippen molar-refractivity contribution in [2.24, 2.45) is 5.92 Å². The van der Waals surface area contributed by atoms with Crippen molar-refractivity contribution in [3.63, 3.8) is 0 Å². The molecule has 0 saturated heterocycles. The summed E-state index contributed by atoms with van der Waals surface area (Å²) in [5.74, 6) is 0.675. The Labute approximate surface area is 116 Å². The average Bonchev–Trinajstić information content (AvgIpc) is 2.59. The molecule has 0 bridgehead atoms. The summed E-state index contributed by atoms with van der Waals surface area (Å²) < 4.78 is 0. The minimum atomic E-state index is 0.675. The van der Waals surface area contributed by atoms with Gasteiger partial charge >= 0.3 is 0 Å². The standard InChI is InChI=1S/C15H18N2.C2H6/c1-10-6-7-14-12(8-10)4-3-5-13-9-11(2)16-17-15(13)14;1-2/h7-10H,3-6H2,1-2H3;1-2H3. The Morgan fingerprint density at radius 2 is 1.95 bits per heavy atom. The number of allylic oxidation sites excluding steroid dienone is 4. The number of rotatable bonds is 0. The van der Waals surface area contributed by atoms with Crippen molar-refractivity contribution >= 4 is 5.57 Å². The topological polar surface area (TPSA) is 25.8 Å². The average molecular weight is 256 g/mol. The fraction of sp³-hybridized carbons (Fsp3) is 0.529. The first-order chi connectivity index (χ1) is 9.24. The van der Waals surface area contributed by atoms with Crippen LogP contribution in [0.3, 0.4) is 0 Å². The molecule has 0 aliphatic heterocycles. The van der Waals surface area contributed by atoms with Gasteiger partial charge in [0.2, 0.25) is 0 Å². The molecule has 19 heavy (non-hydrogen) atoms. The maximum Gasteiger partial charge on any atom is 0.0961 e. The summed E-state index contributed by atoms with van der Waals surface area (Å²) in [6, 6.07) is 2.20. The van der Waals surface area contributed by atoms with E-state index in [9.17, 15) is 0 Å². The molecule has 0 saturated carbocycles. The lowest BCUT2D eigenvalue weighted by Crippen LogP contribution is -2.04. The molecule has 0 spiro atoms. The maximum atomic E-state index is 4.43. The van der Waals surface area contributed by atoms with Crippen LogP contribution in [0.4, 0.5) is 0 Å². The molecule has 1 aromatic rings. The van der Waals surface area contributed by atoms with E-state index in [2.05, 4.69) is 35.3 Å². The van der Waals surface area contributed by atoms with E-state index in [1.54, 1.807) is 0 Å². The second-order valence-corrected chi connectivity index (χ2v) is 5.24. The van der Waals surface area contributed by atoms with Gasteiger partial charge in [0.15, 0.2) is 0 Å². The fourth-order valence-corrected chi connectivity index (χ4v) is 2.83. The maximum absolute atomic E-state index is 4.43. The third-order valence-corrected chi connectivity index (χ3v) is 3.67. The van der Waals surface area contributed by atoms with Crippen LogP contribution in [0, 0.1) is 12.8 Å². The number of hydrogen-bond acceptors (Lipinski definition) is 2. The number of fused-ring (bicyclic) bond motifs is 3. The first-order valence-electron chi connectivity index (χ1n) is 7.49. The normalized spacial score (nSPS) is 20.9. The van der Waals surface area contributed by atoms with E-state index in [-0.39, 0.29) is 0 Å². The summed E-state index contributed by atoms with van der Waals surface area (Å²) in [4.78, 5) is 0. The summed E-state index contributed by atoms with van der Waals surface area (Å²) >= 11 is 0. The second-order valence-electron chi connectivity index (χ2n) is 5.24. The van der Waals surface area contributed by atoms with E-state index in [1.165, 1.54) is 29.6 Å². The lowest BCUT2D eigenvalue weighted by Gasteiger charge is -2.18.